The summed E-state index contributed by atoms with van der Waals surface area (Å²) in [5.41, 5.74) is 18.7. The van der Waals surface area contributed by atoms with Gasteiger partial charge in [0, 0.05) is 55.6 Å². The van der Waals surface area contributed by atoms with Gasteiger partial charge in [-0.1, -0.05) is 143 Å². The first-order valence-electron chi connectivity index (χ1n) is 20.8. The standard InChI is InChI=1S/C55H47N3/c1-54(2)47-21-13-11-19-43(47)44-32-31-42(35-48(44)54)57(39-25-23-37(24-26-39)36-15-7-5-8-16-36)40-27-29-41(30-28-40)58-50-22-14-12-20-45(50)46-33-34-49-51(52(46)58)55(3,4)53(56-49)38-17-9-6-10-18-38/h6-7,9-35,53,56H,5,8H2,1-4H3. The van der Waals surface area contributed by atoms with Crippen LogP contribution in [0.1, 0.15) is 74.4 Å². The highest BCUT2D eigenvalue weighted by Gasteiger charge is 2.43. The number of aromatic nitrogens is 1. The number of hydrogen-bond donors (Lipinski definition) is 1. The smallest absolute Gasteiger partial charge is 0.0606 e. The van der Waals surface area contributed by atoms with E-state index < -0.39 is 0 Å². The molecule has 0 saturated carbocycles. The lowest BCUT2D eigenvalue weighted by atomic mass is 9.77. The molecule has 58 heavy (non-hydrogen) atoms. The zero-order valence-electron chi connectivity index (χ0n) is 33.6. The van der Waals surface area contributed by atoms with Gasteiger partial charge in [0.15, 0.2) is 0 Å². The highest BCUT2D eigenvalue weighted by atomic mass is 15.1. The Kier molecular flexibility index (Phi) is 7.75. The first-order valence-corrected chi connectivity index (χ1v) is 20.8. The number of benzene rings is 7. The van der Waals surface area contributed by atoms with Gasteiger partial charge in [0.2, 0.25) is 0 Å². The van der Waals surface area contributed by atoms with Gasteiger partial charge in [-0.2, -0.15) is 0 Å². The SMILES string of the molecule is CC1(C)c2ccccc2-c2ccc(N(c3ccc(C4=CCCC=C4)cc3)c3ccc(-n4c5ccccc5c5ccc6c(c54)C(C)(C)C(c4ccccc4)N6)cc3)cc21. The monoisotopic (exact) mass is 749 g/mol. The van der Waals surface area contributed by atoms with Gasteiger partial charge in [-0.05, 0) is 112 Å². The molecular formula is C55H47N3. The van der Waals surface area contributed by atoms with Crippen LogP contribution in [-0.2, 0) is 10.8 Å². The third-order valence-electron chi connectivity index (χ3n) is 13.3. The number of fused-ring (bicyclic) bond motifs is 8. The molecule has 3 aliphatic rings. The van der Waals surface area contributed by atoms with Crippen LogP contribution < -0.4 is 10.2 Å². The zero-order valence-corrected chi connectivity index (χ0v) is 33.6. The number of allylic oxidation sites excluding steroid dienone is 4. The fourth-order valence-corrected chi connectivity index (χ4v) is 10.4. The third-order valence-corrected chi connectivity index (χ3v) is 13.3. The third kappa shape index (κ3) is 5.19. The van der Waals surface area contributed by atoms with Gasteiger partial charge in [0.25, 0.3) is 0 Å². The molecule has 2 aliphatic carbocycles. The van der Waals surface area contributed by atoms with E-state index >= 15 is 0 Å². The van der Waals surface area contributed by atoms with Gasteiger partial charge in [-0.25, -0.2) is 0 Å². The fourth-order valence-electron chi connectivity index (χ4n) is 10.4. The normalized spacial score (nSPS) is 17.1. The predicted octanol–water partition coefficient (Wildman–Crippen LogP) is 14.7. The van der Waals surface area contributed by atoms with Crippen LogP contribution in [0.15, 0.2) is 176 Å². The van der Waals surface area contributed by atoms with Crippen molar-refractivity contribution in [2.75, 3.05) is 10.2 Å². The van der Waals surface area contributed by atoms with Crippen LogP contribution in [0.25, 0.3) is 44.2 Å². The van der Waals surface area contributed by atoms with E-state index in [1.165, 1.54) is 72.0 Å². The van der Waals surface area contributed by atoms with Crippen molar-refractivity contribution in [2.24, 2.45) is 0 Å². The summed E-state index contributed by atoms with van der Waals surface area (Å²) in [4.78, 5) is 2.43. The van der Waals surface area contributed by atoms with E-state index in [1.54, 1.807) is 0 Å². The Morgan fingerprint density at radius 1 is 0.603 bits per heavy atom. The van der Waals surface area contributed by atoms with E-state index in [9.17, 15) is 0 Å². The summed E-state index contributed by atoms with van der Waals surface area (Å²) in [5.74, 6) is 0. The second-order valence-electron chi connectivity index (χ2n) is 17.4. The van der Waals surface area contributed by atoms with Crippen molar-refractivity contribution in [3.8, 4) is 16.8 Å². The molecule has 1 aromatic heterocycles. The predicted molar refractivity (Wildman–Crippen MR) is 245 cm³/mol. The van der Waals surface area contributed by atoms with Crippen LogP contribution >= 0.6 is 0 Å². The van der Waals surface area contributed by atoms with Crippen LogP contribution in [0.4, 0.5) is 22.7 Å². The molecule has 2 heterocycles. The number of nitrogens with one attached hydrogen (secondary N) is 1. The van der Waals surface area contributed by atoms with Crippen molar-refractivity contribution >= 4 is 50.1 Å². The Hall–Kier alpha value is -6.58. The first-order chi connectivity index (χ1) is 28.3. The Morgan fingerprint density at radius 2 is 1.29 bits per heavy atom. The van der Waals surface area contributed by atoms with E-state index in [4.69, 9.17) is 0 Å². The maximum absolute atomic E-state index is 3.94. The summed E-state index contributed by atoms with van der Waals surface area (Å²) in [6.45, 7) is 9.52. The van der Waals surface area contributed by atoms with E-state index in [0.29, 0.717) is 0 Å². The summed E-state index contributed by atoms with van der Waals surface area (Å²) in [5, 5.41) is 6.50. The lowest BCUT2D eigenvalue weighted by Crippen LogP contribution is -2.25. The maximum Gasteiger partial charge on any atom is 0.0606 e. The molecule has 282 valence electrons. The Balaban J connectivity index is 1.06. The molecule has 0 bridgehead atoms. The van der Waals surface area contributed by atoms with E-state index in [1.807, 2.05) is 0 Å². The van der Waals surface area contributed by atoms with Gasteiger partial charge in [-0.3, -0.25) is 0 Å². The number of anilines is 4. The van der Waals surface area contributed by atoms with E-state index in [0.717, 1.165) is 35.6 Å². The molecule has 3 heteroatoms. The van der Waals surface area contributed by atoms with Crippen molar-refractivity contribution in [1.29, 1.82) is 0 Å². The van der Waals surface area contributed by atoms with Crippen molar-refractivity contribution in [3.05, 3.63) is 204 Å². The fraction of sp³-hybridized carbons (Fsp3) is 0.164. The molecule has 1 unspecified atom stereocenters. The molecule has 8 aromatic rings. The molecule has 0 amide bonds. The zero-order chi connectivity index (χ0) is 39.2. The van der Waals surface area contributed by atoms with Crippen molar-refractivity contribution < 1.29 is 0 Å². The number of para-hydroxylation sites is 1. The summed E-state index contributed by atoms with van der Waals surface area (Å²) in [6, 6.07) is 58.9. The highest BCUT2D eigenvalue weighted by molar-refractivity contribution is 6.12. The minimum atomic E-state index is -0.157. The molecule has 1 atom stereocenters. The average Bonchev–Trinajstić information content (AvgIpc) is 3.83. The minimum absolute atomic E-state index is 0.0972. The van der Waals surface area contributed by atoms with Crippen molar-refractivity contribution in [1.82, 2.24) is 4.57 Å². The maximum atomic E-state index is 3.94. The van der Waals surface area contributed by atoms with Gasteiger partial charge < -0.3 is 14.8 Å². The molecule has 1 N–H and O–H groups in total. The minimum Gasteiger partial charge on any atom is -0.377 e. The molecule has 0 spiro atoms. The molecule has 0 fully saturated rings. The average molecular weight is 750 g/mol. The molecule has 3 nitrogen and oxygen atoms in total. The number of rotatable bonds is 6. The van der Waals surface area contributed by atoms with Crippen molar-refractivity contribution in [3.63, 3.8) is 0 Å². The molecule has 0 radical (unpaired) electrons. The molecular weight excluding hydrogens is 703 g/mol. The van der Waals surface area contributed by atoms with Gasteiger partial charge in [-0.15, -0.1) is 0 Å². The molecule has 1 aliphatic heterocycles. The summed E-state index contributed by atoms with van der Waals surface area (Å²) in [6.07, 6.45) is 9.11. The summed E-state index contributed by atoms with van der Waals surface area (Å²) < 4.78 is 2.50. The highest BCUT2D eigenvalue weighted by Crippen LogP contribution is 2.54. The second kappa shape index (κ2) is 13.0. The Bertz CT molecular complexity index is 2960. The van der Waals surface area contributed by atoms with Crippen molar-refractivity contribution in [2.45, 2.75) is 57.4 Å². The van der Waals surface area contributed by atoms with Crippen LogP contribution in [0, 0.1) is 0 Å². The Morgan fingerprint density at radius 3 is 2.07 bits per heavy atom. The first kappa shape index (κ1) is 34.7. The van der Waals surface area contributed by atoms with Crippen LogP contribution in [-0.4, -0.2) is 4.57 Å². The molecule has 7 aromatic carbocycles. The lowest BCUT2D eigenvalue weighted by molar-refractivity contribution is 0.476. The second-order valence-corrected chi connectivity index (χ2v) is 17.4. The Labute approximate surface area is 341 Å². The summed E-state index contributed by atoms with van der Waals surface area (Å²) in [7, 11) is 0. The lowest BCUT2D eigenvalue weighted by Gasteiger charge is -2.29. The molecule has 11 rings (SSSR count). The van der Waals surface area contributed by atoms with Gasteiger partial charge in [0.1, 0.15) is 0 Å². The topological polar surface area (TPSA) is 20.2 Å². The largest absolute Gasteiger partial charge is 0.377 e. The van der Waals surface area contributed by atoms with E-state index in [2.05, 4.69) is 218 Å². The number of nitrogens with zero attached hydrogens (tertiary/aromatic N) is 2. The summed E-state index contributed by atoms with van der Waals surface area (Å²) >= 11 is 0. The molecule has 0 saturated heterocycles. The quantitative estimate of drug-likeness (QED) is 0.183. The van der Waals surface area contributed by atoms with Gasteiger partial charge >= 0.3 is 0 Å². The van der Waals surface area contributed by atoms with Crippen LogP contribution in [0.2, 0.25) is 0 Å². The van der Waals surface area contributed by atoms with Crippen LogP contribution in [0.3, 0.4) is 0 Å². The number of hydrogen-bond acceptors (Lipinski definition) is 2. The van der Waals surface area contributed by atoms with E-state index in [-0.39, 0.29) is 16.9 Å². The van der Waals surface area contributed by atoms with Crippen LogP contribution in [0.5, 0.6) is 0 Å². The van der Waals surface area contributed by atoms with Gasteiger partial charge in [0.05, 0.1) is 17.1 Å².